The number of carbonyl (C=O) groups excluding carboxylic acids is 1. The zero-order valence-corrected chi connectivity index (χ0v) is 20.7. The molecule has 1 saturated carbocycles. The molecule has 2 aromatic carbocycles. The first-order valence-electron chi connectivity index (χ1n) is 11.5. The molecule has 0 spiro atoms. The normalized spacial score (nSPS) is 18.2. The molecule has 3 atom stereocenters. The van der Waals surface area contributed by atoms with Gasteiger partial charge in [-0.1, -0.05) is 25.1 Å². The van der Waals surface area contributed by atoms with Crippen LogP contribution in [0.4, 0.5) is 4.39 Å². The lowest BCUT2D eigenvalue weighted by Gasteiger charge is -2.16. The van der Waals surface area contributed by atoms with Crippen molar-refractivity contribution in [2.75, 3.05) is 26.0 Å². The van der Waals surface area contributed by atoms with Crippen LogP contribution >= 0.6 is 0 Å². The molecule has 2 unspecified atom stereocenters. The lowest BCUT2D eigenvalue weighted by atomic mass is 10.0. The van der Waals surface area contributed by atoms with Crippen molar-refractivity contribution in [2.24, 2.45) is 5.92 Å². The summed E-state index contributed by atoms with van der Waals surface area (Å²) in [5.74, 6) is 1.09. The molecule has 0 heterocycles. The van der Waals surface area contributed by atoms with Crippen LogP contribution in [0.15, 0.2) is 42.5 Å². The molecular weight excluding hydrogens is 459 g/mol. The fourth-order valence-corrected chi connectivity index (χ4v) is 4.59. The topological polar surface area (TPSA) is 93.7 Å². The molecule has 1 amide bonds. The molecule has 7 nitrogen and oxygen atoms in total. The van der Waals surface area contributed by atoms with Crippen LogP contribution < -0.4 is 19.5 Å². The molecule has 0 aromatic heterocycles. The summed E-state index contributed by atoms with van der Waals surface area (Å²) < 4.78 is 50.3. The van der Waals surface area contributed by atoms with Crippen LogP contribution in [-0.2, 0) is 21.2 Å². The first kappa shape index (κ1) is 26.0. The van der Waals surface area contributed by atoms with Crippen LogP contribution in [0, 0.1) is 11.7 Å². The number of hydrogen-bond donors (Lipinski definition) is 2. The maximum atomic E-state index is 13.1. The van der Waals surface area contributed by atoms with Crippen molar-refractivity contribution in [1.82, 2.24) is 10.0 Å². The molecule has 0 radical (unpaired) electrons. The van der Waals surface area contributed by atoms with E-state index in [1.54, 1.807) is 26.2 Å². The van der Waals surface area contributed by atoms with Crippen LogP contribution in [-0.4, -0.2) is 46.4 Å². The highest BCUT2D eigenvalue weighted by Gasteiger charge is 2.40. The lowest BCUT2D eigenvalue weighted by Crippen LogP contribution is -2.30. The maximum absolute atomic E-state index is 13.1. The number of amides is 1. The second-order valence-corrected chi connectivity index (χ2v) is 10.7. The minimum atomic E-state index is -3.23. The van der Waals surface area contributed by atoms with E-state index < -0.39 is 10.0 Å². The molecule has 2 aromatic rings. The summed E-state index contributed by atoms with van der Waals surface area (Å²) >= 11 is 0. The van der Waals surface area contributed by atoms with Crippen LogP contribution in [0.25, 0.3) is 0 Å². The van der Waals surface area contributed by atoms with Gasteiger partial charge >= 0.3 is 0 Å². The van der Waals surface area contributed by atoms with Gasteiger partial charge in [-0.25, -0.2) is 17.5 Å². The molecule has 1 aliphatic carbocycles. The van der Waals surface area contributed by atoms with Crippen LogP contribution in [0.1, 0.15) is 43.7 Å². The Labute approximate surface area is 201 Å². The molecule has 186 valence electrons. The van der Waals surface area contributed by atoms with Gasteiger partial charge in [0, 0.05) is 24.9 Å². The number of nitrogens with one attached hydrogen (secondary N) is 2. The standard InChI is InChI=1S/C25H33FN2O5S/c1-4-34(30,31)28-22-14-20(22)15-25(29)27-12-11-18-5-10-23(24(13-18)32-3)33-16-17(2)19-6-8-21(26)9-7-19/h5-10,13,17,20,22,28H,4,11-12,14-16H2,1-3H3,(H,27,29)/t17?,20?,22-/m0/s1. The van der Waals surface area contributed by atoms with E-state index in [0.717, 1.165) is 11.1 Å². The second kappa shape index (κ2) is 11.7. The average Bonchev–Trinajstić information content (AvgIpc) is 3.53. The number of rotatable bonds is 13. The summed E-state index contributed by atoms with van der Waals surface area (Å²) in [6, 6.07) is 11.9. The van der Waals surface area contributed by atoms with Crippen molar-refractivity contribution in [3.05, 3.63) is 59.4 Å². The van der Waals surface area contributed by atoms with Gasteiger partial charge in [0.15, 0.2) is 11.5 Å². The number of halogens is 1. The molecule has 1 aliphatic rings. The SMILES string of the molecule is CCS(=O)(=O)N[C@H]1CC1CC(=O)NCCc1ccc(OCC(C)c2ccc(F)cc2)c(OC)c1. The van der Waals surface area contributed by atoms with Crippen molar-refractivity contribution < 1.29 is 27.1 Å². The van der Waals surface area contributed by atoms with Gasteiger partial charge in [0.2, 0.25) is 15.9 Å². The summed E-state index contributed by atoms with van der Waals surface area (Å²) in [4.78, 5) is 12.2. The minimum absolute atomic E-state index is 0.0446. The predicted molar refractivity (Wildman–Crippen MR) is 129 cm³/mol. The Morgan fingerprint density at radius 2 is 1.91 bits per heavy atom. The average molecular weight is 493 g/mol. The zero-order valence-electron chi connectivity index (χ0n) is 19.8. The number of benzene rings is 2. The van der Waals surface area contributed by atoms with E-state index in [0.29, 0.717) is 43.9 Å². The Morgan fingerprint density at radius 1 is 1.18 bits per heavy atom. The van der Waals surface area contributed by atoms with Gasteiger partial charge in [0.25, 0.3) is 0 Å². The Bertz CT molecular complexity index is 1080. The van der Waals surface area contributed by atoms with E-state index in [4.69, 9.17) is 9.47 Å². The fraction of sp³-hybridized carbons (Fsp3) is 0.480. The van der Waals surface area contributed by atoms with E-state index in [2.05, 4.69) is 10.0 Å². The second-order valence-electron chi connectivity index (χ2n) is 8.68. The number of methoxy groups -OCH3 is 1. The van der Waals surface area contributed by atoms with Gasteiger partial charge in [-0.2, -0.15) is 0 Å². The largest absolute Gasteiger partial charge is 0.493 e. The van der Waals surface area contributed by atoms with Crippen LogP contribution in [0.5, 0.6) is 11.5 Å². The number of ether oxygens (including phenoxy) is 2. The van der Waals surface area contributed by atoms with E-state index in [1.807, 2.05) is 25.1 Å². The number of carbonyl (C=O) groups is 1. The Morgan fingerprint density at radius 3 is 2.59 bits per heavy atom. The highest BCUT2D eigenvalue weighted by molar-refractivity contribution is 7.89. The van der Waals surface area contributed by atoms with Crippen molar-refractivity contribution in [3.8, 4) is 11.5 Å². The maximum Gasteiger partial charge on any atom is 0.220 e. The molecule has 0 saturated heterocycles. The molecule has 3 rings (SSSR count). The fourth-order valence-electron chi connectivity index (χ4n) is 3.68. The smallest absolute Gasteiger partial charge is 0.220 e. The van der Waals surface area contributed by atoms with E-state index in [-0.39, 0.29) is 35.4 Å². The van der Waals surface area contributed by atoms with Crippen LogP contribution in [0.2, 0.25) is 0 Å². The molecule has 2 N–H and O–H groups in total. The van der Waals surface area contributed by atoms with Crippen molar-refractivity contribution in [2.45, 2.75) is 45.1 Å². The summed E-state index contributed by atoms with van der Waals surface area (Å²) in [6.07, 6.45) is 1.65. The highest BCUT2D eigenvalue weighted by Crippen LogP contribution is 2.34. The molecule has 9 heteroatoms. The molecular formula is C25H33FN2O5S. The third kappa shape index (κ3) is 7.70. The molecule has 0 bridgehead atoms. The van der Waals surface area contributed by atoms with Gasteiger partial charge in [0.05, 0.1) is 19.5 Å². The van der Waals surface area contributed by atoms with E-state index in [1.165, 1.54) is 12.1 Å². The third-order valence-corrected chi connectivity index (χ3v) is 7.39. The van der Waals surface area contributed by atoms with Gasteiger partial charge < -0.3 is 14.8 Å². The monoisotopic (exact) mass is 492 g/mol. The lowest BCUT2D eigenvalue weighted by molar-refractivity contribution is -0.121. The Hall–Kier alpha value is -2.65. The van der Waals surface area contributed by atoms with Crippen molar-refractivity contribution >= 4 is 15.9 Å². The van der Waals surface area contributed by atoms with Crippen molar-refractivity contribution in [1.29, 1.82) is 0 Å². The van der Waals surface area contributed by atoms with E-state index in [9.17, 15) is 17.6 Å². The summed E-state index contributed by atoms with van der Waals surface area (Å²) in [7, 11) is -1.65. The molecule has 0 aliphatic heterocycles. The van der Waals surface area contributed by atoms with E-state index >= 15 is 0 Å². The molecule has 1 fully saturated rings. The minimum Gasteiger partial charge on any atom is -0.493 e. The highest BCUT2D eigenvalue weighted by atomic mass is 32.2. The quantitative estimate of drug-likeness (QED) is 0.447. The summed E-state index contributed by atoms with van der Waals surface area (Å²) in [5, 5.41) is 2.90. The predicted octanol–water partition coefficient (Wildman–Crippen LogP) is 3.39. The summed E-state index contributed by atoms with van der Waals surface area (Å²) in [5.41, 5.74) is 1.99. The first-order chi connectivity index (χ1) is 16.2. The van der Waals surface area contributed by atoms with Crippen LogP contribution in [0.3, 0.4) is 0 Å². The zero-order chi connectivity index (χ0) is 24.7. The Kier molecular flexibility index (Phi) is 8.90. The van der Waals surface area contributed by atoms with Crippen molar-refractivity contribution in [3.63, 3.8) is 0 Å². The Balaban J connectivity index is 1.42. The van der Waals surface area contributed by atoms with Gasteiger partial charge in [-0.3, -0.25) is 4.79 Å². The van der Waals surface area contributed by atoms with Gasteiger partial charge in [0.1, 0.15) is 5.82 Å². The van der Waals surface area contributed by atoms with Gasteiger partial charge in [-0.05, 0) is 61.1 Å². The van der Waals surface area contributed by atoms with Gasteiger partial charge in [-0.15, -0.1) is 0 Å². The third-order valence-electron chi connectivity index (χ3n) is 5.97. The first-order valence-corrected chi connectivity index (χ1v) is 13.2. The summed E-state index contributed by atoms with van der Waals surface area (Å²) in [6.45, 7) is 4.50. The molecule has 34 heavy (non-hydrogen) atoms. The number of hydrogen-bond acceptors (Lipinski definition) is 5. The number of sulfonamides is 1.